The Morgan fingerprint density at radius 1 is 1.26 bits per heavy atom. The second kappa shape index (κ2) is 6.87. The van der Waals surface area contributed by atoms with Crippen molar-refractivity contribution in [2.45, 2.75) is 6.92 Å². The number of amides is 1. The van der Waals surface area contributed by atoms with E-state index in [4.69, 9.17) is 5.11 Å². The van der Waals surface area contributed by atoms with Gasteiger partial charge in [-0.3, -0.25) is 14.4 Å². The molecule has 0 bridgehead atoms. The van der Waals surface area contributed by atoms with Crippen molar-refractivity contribution in [2.75, 3.05) is 13.6 Å². The van der Waals surface area contributed by atoms with Crippen molar-refractivity contribution >= 4 is 17.7 Å². The maximum atomic E-state index is 12.4. The first kappa shape index (κ1) is 16.4. The monoisotopic (exact) mass is 315 g/mol. The maximum Gasteiger partial charge on any atom is 0.308 e. The Hall–Kier alpha value is -2.96. The molecule has 2 N–H and O–H groups in total. The van der Waals surface area contributed by atoms with Gasteiger partial charge in [0.1, 0.15) is 11.4 Å². The summed E-state index contributed by atoms with van der Waals surface area (Å²) in [7, 11) is 1.49. The zero-order chi connectivity index (χ0) is 17.0. The Labute approximate surface area is 133 Å². The van der Waals surface area contributed by atoms with Crippen LogP contribution in [0.5, 0.6) is 0 Å². The van der Waals surface area contributed by atoms with Crippen molar-refractivity contribution in [3.63, 3.8) is 0 Å². The molecular formula is C16H17N3O4. The molecule has 23 heavy (non-hydrogen) atoms. The fourth-order valence-electron chi connectivity index (χ4n) is 2.12. The second-order valence-electron chi connectivity index (χ2n) is 5.25. The lowest BCUT2D eigenvalue weighted by atomic mass is 10.1. The van der Waals surface area contributed by atoms with Gasteiger partial charge in [-0.15, -0.1) is 0 Å². The van der Waals surface area contributed by atoms with Crippen LogP contribution in [0.25, 0.3) is 0 Å². The molecule has 0 saturated carbocycles. The van der Waals surface area contributed by atoms with Gasteiger partial charge in [-0.1, -0.05) is 37.3 Å². The second-order valence-corrected chi connectivity index (χ2v) is 5.25. The third-order valence-corrected chi connectivity index (χ3v) is 3.42. The number of nitrogens with one attached hydrogen (secondary N) is 1. The fraction of sp³-hybridized carbons (Fsp3) is 0.250. The van der Waals surface area contributed by atoms with E-state index < -0.39 is 17.8 Å². The number of ketones is 1. The smallest absolute Gasteiger partial charge is 0.308 e. The van der Waals surface area contributed by atoms with Gasteiger partial charge in [0, 0.05) is 19.2 Å². The molecule has 2 aromatic rings. The van der Waals surface area contributed by atoms with Crippen LogP contribution < -0.4 is 0 Å². The molecule has 1 amide bonds. The van der Waals surface area contributed by atoms with Gasteiger partial charge in [0.2, 0.25) is 5.78 Å². The Morgan fingerprint density at radius 2 is 1.91 bits per heavy atom. The minimum atomic E-state index is -0.991. The van der Waals surface area contributed by atoms with Gasteiger partial charge in [-0.2, -0.15) is 0 Å². The van der Waals surface area contributed by atoms with Crippen LogP contribution in [-0.4, -0.2) is 51.2 Å². The van der Waals surface area contributed by atoms with Crippen molar-refractivity contribution in [1.29, 1.82) is 0 Å². The topological polar surface area (TPSA) is 103 Å². The van der Waals surface area contributed by atoms with Gasteiger partial charge in [0.15, 0.2) is 0 Å². The molecule has 1 atom stereocenters. The van der Waals surface area contributed by atoms with E-state index in [9.17, 15) is 14.4 Å². The number of aromatic nitrogens is 2. The number of carboxylic acids is 1. The summed E-state index contributed by atoms with van der Waals surface area (Å²) in [5.74, 6) is -2.54. The number of carbonyl (C=O) groups excluding carboxylic acids is 2. The quantitative estimate of drug-likeness (QED) is 0.785. The summed E-state index contributed by atoms with van der Waals surface area (Å²) in [6, 6.07) is 8.52. The highest BCUT2D eigenvalue weighted by Crippen LogP contribution is 2.13. The molecule has 0 aliphatic heterocycles. The lowest BCUT2D eigenvalue weighted by Gasteiger charge is -2.19. The van der Waals surface area contributed by atoms with Crippen LogP contribution in [0.3, 0.4) is 0 Å². The van der Waals surface area contributed by atoms with E-state index in [0.717, 1.165) is 0 Å². The highest BCUT2D eigenvalue weighted by atomic mass is 16.4. The number of hydrogen-bond donors (Lipinski definition) is 2. The third-order valence-electron chi connectivity index (χ3n) is 3.42. The minimum Gasteiger partial charge on any atom is -0.481 e. The Balaban J connectivity index is 2.22. The third kappa shape index (κ3) is 3.63. The van der Waals surface area contributed by atoms with Gasteiger partial charge in [0.05, 0.1) is 12.2 Å². The van der Waals surface area contributed by atoms with Crippen LogP contribution in [0.1, 0.15) is 33.5 Å². The van der Waals surface area contributed by atoms with E-state index in [1.54, 1.807) is 30.3 Å². The highest BCUT2D eigenvalue weighted by molar-refractivity contribution is 6.13. The lowest BCUT2D eigenvalue weighted by molar-refractivity contribution is -0.141. The first-order valence-corrected chi connectivity index (χ1v) is 7.03. The predicted molar refractivity (Wildman–Crippen MR) is 82.2 cm³/mol. The minimum absolute atomic E-state index is 0.0241. The van der Waals surface area contributed by atoms with Crippen LogP contribution >= 0.6 is 0 Å². The zero-order valence-electron chi connectivity index (χ0n) is 12.8. The Kier molecular flexibility index (Phi) is 4.90. The van der Waals surface area contributed by atoms with Crippen molar-refractivity contribution in [2.24, 2.45) is 5.92 Å². The molecular weight excluding hydrogens is 298 g/mol. The molecule has 0 fully saturated rings. The molecule has 0 saturated heterocycles. The first-order chi connectivity index (χ1) is 10.9. The first-order valence-electron chi connectivity index (χ1n) is 7.03. The normalized spacial score (nSPS) is 11.7. The summed E-state index contributed by atoms with van der Waals surface area (Å²) >= 11 is 0. The lowest BCUT2D eigenvalue weighted by Crippen LogP contribution is -2.34. The molecule has 1 heterocycles. The van der Waals surface area contributed by atoms with Crippen molar-refractivity contribution in [3.8, 4) is 0 Å². The van der Waals surface area contributed by atoms with Crippen LogP contribution in [0.2, 0.25) is 0 Å². The summed E-state index contributed by atoms with van der Waals surface area (Å²) in [4.78, 5) is 43.6. The summed E-state index contributed by atoms with van der Waals surface area (Å²) < 4.78 is 0. The molecule has 120 valence electrons. The SMILES string of the molecule is CC(CN(C)C(=O)c1[nH]cnc1C(=O)c1ccccc1)C(=O)O. The van der Waals surface area contributed by atoms with E-state index in [1.807, 2.05) is 0 Å². The van der Waals surface area contributed by atoms with Gasteiger partial charge < -0.3 is 15.0 Å². The molecule has 0 aliphatic carbocycles. The number of aliphatic carboxylic acids is 1. The van der Waals surface area contributed by atoms with E-state index >= 15 is 0 Å². The fourth-order valence-corrected chi connectivity index (χ4v) is 2.12. The van der Waals surface area contributed by atoms with Gasteiger partial charge in [-0.25, -0.2) is 4.98 Å². The van der Waals surface area contributed by atoms with Crippen LogP contribution in [0.15, 0.2) is 36.7 Å². The van der Waals surface area contributed by atoms with E-state index in [0.29, 0.717) is 5.56 Å². The van der Waals surface area contributed by atoms with Crippen molar-refractivity contribution < 1.29 is 19.5 Å². The number of imidazole rings is 1. The van der Waals surface area contributed by atoms with Gasteiger partial charge in [0.25, 0.3) is 5.91 Å². The Morgan fingerprint density at radius 3 is 2.52 bits per heavy atom. The summed E-state index contributed by atoms with van der Waals surface area (Å²) in [6.45, 7) is 1.54. The van der Waals surface area contributed by atoms with E-state index in [1.165, 1.54) is 25.2 Å². The average Bonchev–Trinajstić information content (AvgIpc) is 3.03. The number of carbonyl (C=O) groups is 3. The van der Waals surface area contributed by atoms with Crippen LogP contribution in [0, 0.1) is 5.92 Å². The summed E-state index contributed by atoms with van der Waals surface area (Å²) in [5.41, 5.74) is 0.505. The highest BCUT2D eigenvalue weighted by Gasteiger charge is 2.25. The number of hydrogen-bond acceptors (Lipinski definition) is 4. The standard InChI is InChI=1S/C16H17N3O4/c1-10(16(22)23)8-19(2)15(21)13-12(17-9-18-13)14(20)11-6-4-3-5-7-11/h3-7,9-10H,8H2,1-2H3,(H,17,18)(H,22,23). The van der Waals surface area contributed by atoms with Gasteiger partial charge >= 0.3 is 5.97 Å². The molecule has 1 aromatic heterocycles. The van der Waals surface area contributed by atoms with Crippen molar-refractivity contribution in [3.05, 3.63) is 53.6 Å². The average molecular weight is 315 g/mol. The Bertz CT molecular complexity index is 724. The van der Waals surface area contributed by atoms with Crippen LogP contribution in [-0.2, 0) is 4.79 Å². The molecule has 7 nitrogen and oxygen atoms in total. The molecule has 0 radical (unpaired) electrons. The largest absolute Gasteiger partial charge is 0.481 e. The number of H-pyrrole nitrogens is 1. The van der Waals surface area contributed by atoms with Crippen molar-refractivity contribution in [1.82, 2.24) is 14.9 Å². The molecule has 0 spiro atoms. The molecule has 0 aliphatic rings. The predicted octanol–water partition coefficient (Wildman–Crippen LogP) is 1.43. The number of rotatable bonds is 6. The number of aromatic amines is 1. The molecule has 1 aromatic carbocycles. The summed E-state index contributed by atoms with van der Waals surface area (Å²) in [6.07, 6.45) is 1.28. The van der Waals surface area contributed by atoms with Gasteiger partial charge in [-0.05, 0) is 0 Å². The zero-order valence-corrected chi connectivity index (χ0v) is 12.8. The molecule has 7 heteroatoms. The molecule has 2 rings (SSSR count). The number of nitrogens with zero attached hydrogens (tertiary/aromatic N) is 2. The molecule has 1 unspecified atom stereocenters. The number of carboxylic acid groups (broad SMARTS) is 1. The van der Waals surface area contributed by atoms with E-state index in [2.05, 4.69) is 9.97 Å². The maximum absolute atomic E-state index is 12.4. The number of benzene rings is 1. The van der Waals surface area contributed by atoms with E-state index in [-0.39, 0.29) is 23.7 Å². The summed E-state index contributed by atoms with van der Waals surface area (Å²) in [5, 5.41) is 8.92. The van der Waals surface area contributed by atoms with Crippen LogP contribution in [0.4, 0.5) is 0 Å².